The largest absolute Gasteiger partial charge is 0.478 e. The fourth-order valence-corrected chi connectivity index (χ4v) is 2.35. The number of hydrogen-bond acceptors (Lipinski definition) is 4. The number of hydrogen-bond donors (Lipinski definition) is 4. The number of nitrogen functional groups attached to an aromatic ring is 1. The summed E-state index contributed by atoms with van der Waals surface area (Å²) in [7, 11) is 0. The van der Waals surface area contributed by atoms with E-state index >= 15 is 0 Å². The van der Waals surface area contributed by atoms with Crippen LogP contribution < -0.4 is 11.3 Å². The lowest BCUT2D eigenvalue weighted by molar-refractivity contribution is 0.0695. The molecule has 23 heavy (non-hydrogen) atoms. The molecule has 5 N–H and O–H groups in total. The SMILES string of the molecule is Nc1[nH]c(=O)c(C(=O)O)c(-c2cc(F)c(Cl)c(Cl)c2)c1C(=O)O. The molecular formula is C13H7Cl2FN2O5. The number of nitrogens with one attached hydrogen (secondary N) is 1. The lowest BCUT2D eigenvalue weighted by Gasteiger charge is -2.13. The predicted octanol–water partition coefficient (Wildman–Crippen LogP) is 2.47. The Bertz CT molecular complexity index is 887. The molecule has 2 rings (SSSR count). The van der Waals surface area contributed by atoms with Gasteiger partial charge in [0.25, 0.3) is 5.56 Å². The normalized spacial score (nSPS) is 10.6. The van der Waals surface area contributed by atoms with Crippen molar-refractivity contribution in [2.75, 3.05) is 5.73 Å². The van der Waals surface area contributed by atoms with Gasteiger partial charge in [-0.3, -0.25) is 4.79 Å². The fourth-order valence-electron chi connectivity index (χ4n) is 2.04. The topological polar surface area (TPSA) is 133 Å². The summed E-state index contributed by atoms with van der Waals surface area (Å²) < 4.78 is 13.8. The smallest absolute Gasteiger partial charge is 0.342 e. The van der Waals surface area contributed by atoms with E-state index in [1.807, 2.05) is 4.98 Å². The van der Waals surface area contributed by atoms with Crippen molar-refractivity contribution in [2.24, 2.45) is 0 Å². The Morgan fingerprint density at radius 1 is 1.13 bits per heavy atom. The zero-order valence-corrected chi connectivity index (χ0v) is 12.5. The van der Waals surface area contributed by atoms with Crippen molar-refractivity contribution in [3.05, 3.63) is 49.5 Å². The number of rotatable bonds is 3. The van der Waals surface area contributed by atoms with Crippen LogP contribution >= 0.6 is 23.2 Å². The number of halogens is 3. The number of carbonyl (C=O) groups is 2. The third kappa shape index (κ3) is 2.86. The summed E-state index contributed by atoms with van der Waals surface area (Å²) in [6.45, 7) is 0. The van der Waals surface area contributed by atoms with Crippen molar-refractivity contribution < 1.29 is 24.2 Å². The Hall–Kier alpha value is -2.58. The number of aromatic carboxylic acids is 2. The molecule has 0 bridgehead atoms. The molecule has 1 heterocycles. The standard InChI is InChI=1S/C13H7Cl2FN2O5/c14-4-1-3(2-5(16)9(4)15)6-7(12(20)21)10(17)18-11(19)8(6)13(22)23/h1-2H,(H,20,21)(H,22,23)(H3,17,18,19). The summed E-state index contributed by atoms with van der Waals surface area (Å²) in [6.07, 6.45) is 0. The van der Waals surface area contributed by atoms with Gasteiger partial charge in [0.05, 0.1) is 10.0 Å². The second-order valence-electron chi connectivity index (χ2n) is 4.36. The van der Waals surface area contributed by atoms with Gasteiger partial charge in [0.1, 0.15) is 22.8 Å². The van der Waals surface area contributed by atoms with Crippen LogP contribution in [0.4, 0.5) is 10.2 Å². The van der Waals surface area contributed by atoms with Gasteiger partial charge in [-0.15, -0.1) is 0 Å². The van der Waals surface area contributed by atoms with Gasteiger partial charge in [0, 0.05) is 5.56 Å². The van der Waals surface area contributed by atoms with Crippen LogP contribution in [0.3, 0.4) is 0 Å². The Balaban J connectivity index is 3.03. The molecule has 0 saturated carbocycles. The summed E-state index contributed by atoms with van der Waals surface area (Å²) in [6, 6.07) is 1.81. The van der Waals surface area contributed by atoms with E-state index in [9.17, 15) is 29.0 Å². The number of aromatic nitrogens is 1. The van der Waals surface area contributed by atoms with Gasteiger partial charge in [-0.2, -0.15) is 0 Å². The number of pyridine rings is 1. The number of benzene rings is 1. The van der Waals surface area contributed by atoms with E-state index in [1.54, 1.807) is 0 Å². The van der Waals surface area contributed by atoms with E-state index in [2.05, 4.69) is 0 Å². The van der Waals surface area contributed by atoms with Crippen LogP contribution in [0.1, 0.15) is 20.7 Å². The third-order valence-electron chi connectivity index (χ3n) is 2.94. The predicted molar refractivity (Wildman–Crippen MR) is 80.8 cm³/mol. The van der Waals surface area contributed by atoms with E-state index in [1.165, 1.54) is 0 Å². The highest BCUT2D eigenvalue weighted by Gasteiger charge is 2.27. The minimum Gasteiger partial charge on any atom is -0.478 e. The zero-order valence-electron chi connectivity index (χ0n) is 11.0. The lowest BCUT2D eigenvalue weighted by Crippen LogP contribution is -2.24. The molecule has 0 aliphatic heterocycles. The van der Waals surface area contributed by atoms with Gasteiger partial charge in [-0.25, -0.2) is 14.0 Å². The van der Waals surface area contributed by atoms with Crippen LogP contribution in [0.2, 0.25) is 10.0 Å². The van der Waals surface area contributed by atoms with E-state index in [-0.39, 0.29) is 10.6 Å². The minimum absolute atomic E-state index is 0.260. The number of carboxylic acids is 2. The van der Waals surface area contributed by atoms with Gasteiger partial charge >= 0.3 is 11.9 Å². The first-order valence-electron chi connectivity index (χ1n) is 5.82. The second kappa shape index (κ2) is 5.90. The van der Waals surface area contributed by atoms with Gasteiger partial charge < -0.3 is 20.9 Å². The highest BCUT2D eigenvalue weighted by atomic mass is 35.5. The molecule has 2 aromatic rings. The van der Waals surface area contributed by atoms with Crippen LogP contribution in [0.5, 0.6) is 0 Å². The van der Waals surface area contributed by atoms with Crippen molar-refractivity contribution in [3.63, 3.8) is 0 Å². The molecule has 0 spiro atoms. The molecular weight excluding hydrogens is 354 g/mol. The molecule has 1 aromatic carbocycles. The molecule has 0 aliphatic carbocycles. The summed E-state index contributed by atoms with van der Waals surface area (Å²) >= 11 is 11.3. The number of aromatic amines is 1. The Labute approximate surface area is 137 Å². The van der Waals surface area contributed by atoms with Crippen molar-refractivity contribution in [1.82, 2.24) is 4.98 Å². The highest BCUT2D eigenvalue weighted by molar-refractivity contribution is 6.42. The van der Waals surface area contributed by atoms with E-state index < -0.39 is 50.8 Å². The van der Waals surface area contributed by atoms with Gasteiger partial charge in [-0.05, 0) is 17.7 Å². The zero-order chi connectivity index (χ0) is 17.5. The van der Waals surface area contributed by atoms with Crippen LogP contribution in [-0.2, 0) is 0 Å². The van der Waals surface area contributed by atoms with E-state index in [0.717, 1.165) is 12.1 Å². The van der Waals surface area contributed by atoms with Gasteiger partial charge in [0.2, 0.25) is 0 Å². The van der Waals surface area contributed by atoms with Crippen LogP contribution in [-0.4, -0.2) is 27.1 Å². The summed E-state index contributed by atoms with van der Waals surface area (Å²) in [5, 5.41) is 17.7. The first-order valence-corrected chi connectivity index (χ1v) is 6.58. The molecule has 120 valence electrons. The Morgan fingerprint density at radius 3 is 2.17 bits per heavy atom. The average molecular weight is 361 g/mol. The van der Waals surface area contributed by atoms with Crippen molar-refractivity contribution in [1.29, 1.82) is 0 Å². The molecule has 0 amide bonds. The average Bonchev–Trinajstić information content (AvgIpc) is 2.42. The first-order chi connectivity index (χ1) is 10.6. The van der Waals surface area contributed by atoms with Crippen molar-refractivity contribution in [3.8, 4) is 11.1 Å². The number of carboxylic acid groups (broad SMARTS) is 2. The van der Waals surface area contributed by atoms with Crippen molar-refractivity contribution >= 4 is 41.0 Å². The van der Waals surface area contributed by atoms with Crippen LogP contribution in [0.25, 0.3) is 11.1 Å². The number of anilines is 1. The molecule has 1 aromatic heterocycles. The molecule has 0 atom stereocenters. The summed E-state index contributed by atoms with van der Waals surface area (Å²) in [5.41, 5.74) is 1.89. The summed E-state index contributed by atoms with van der Waals surface area (Å²) in [4.78, 5) is 36.5. The molecule has 7 nitrogen and oxygen atoms in total. The maximum atomic E-state index is 13.8. The van der Waals surface area contributed by atoms with Crippen molar-refractivity contribution in [2.45, 2.75) is 0 Å². The quantitative estimate of drug-likeness (QED) is 0.621. The fraction of sp³-hybridized carbons (Fsp3) is 0. The summed E-state index contributed by atoms with van der Waals surface area (Å²) in [5.74, 6) is -4.91. The Kier molecular flexibility index (Phi) is 4.31. The molecule has 0 aliphatic rings. The molecule has 0 unspecified atom stereocenters. The number of nitrogens with two attached hydrogens (primary N) is 1. The third-order valence-corrected chi connectivity index (χ3v) is 3.72. The second-order valence-corrected chi connectivity index (χ2v) is 5.14. The van der Waals surface area contributed by atoms with Crippen LogP contribution in [0.15, 0.2) is 16.9 Å². The molecule has 10 heteroatoms. The molecule has 0 fully saturated rings. The maximum absolute atomic E-state index is 13.8. The van der Waals surface area contributed by atoms with Crippen LogP contribution in [0, 0.1) is 5.82 Å². The maximum Gasteiger partial charge on any atom is 0.342 e. The molecule has 0 radical (unpaired) electrons. The Morgan fingerprint density at radius 2 is 1.70 bits per heavy atom. The van der Waals surface area contributed by atoms with E-state index in [0.29, 0.717) is 0 Å². The van der Waals surface area contributed by atoms with E-state index in [4.69, 9.17) is 28.9 Å². The van der Waals surface area contributed by atoms with Gasteiger partial charge in [0.15, 0.2) is 0 Å². The molecule has 0 saturated heterocycles. The first kappa shape index (κ1) is 16.8. The highest BCUT2D eigenvalue weighted by Crippen LogP contribution is 2.35. The minimum atomic E-state index is -1.71. The monoisotopic (exact) mass is 360 g/mol. The van der Waals surface area contributed by atoms with Gasteiger partial charge in [-0.1, -0.05) is 23.2 Å². The lowest BCUT2D eigenvalue weighted by atomic mass is 9.95. The number of H-pyrrole nitrogens is 1.